The molecule has 0 saturated carbocycles. The van der Waals surface area contributed by atoms with Crippen LogP contribution in [-0.2, 0) is 9.59 Å². The molecule has 7 rings (SSSR count). The number of carbonyl (C=O) groups excluding carboxylic acids is 2. The second kappa shape index (κ2) is 14.9. The molecule has 0 spiro atoms. The van der Waals surface area contributed by atoms with Crippen molar-refractivity contribution in [2.24, 2.45) is 11.8 Å². The van der Waals surface area contributed by atoms with E-state index < -0.39 is 97.8 Å². The van der Waals surface area contributed by atoms with Gasteiger partial charge >= 0.3 is 12.2 Å². The van der Waals surface area contributed by atoms with Crippen molar-refractivity contribution in [1.29, 1.82) is 0 Å². The Morgan fingerprint density at radius 2 is 0.983 bits per heavy atom. The number of nitrogens with zero attached hydrogens (tertiary/aromatic N) is 4. The minimum absolute atomic E-state index is 0.165. The maximum Gasteiger partial charge on any atom is 0.405 e. The molecule has 14 nitrogen and oxygen atoms in total. The predicted octanol–water partition coefficient (Wildman–Crippen LogP) is 7.18. The first-order valence-electron chi connectivity index (χ1n) is 18.7. The number of hydrogen-bond donors (Lipinski definition) is 6. The molecule has 4 atom stereocenters. The molecule has 18 heteroatoms. The number of carboxylic acid groups (broad SMARTS) is 2. The Hall–Kier alpha value is -6.20. The third kappa shape index (κ3) is 7.99. The smallest absolute Gasteiger partial charge is 0.405 e. The molecule has 4 heterocycles. The number of aromatic amines is 2. The van der Waals surface area contributed by atoms with Gasteiger partial charge in [0.1, 0.15) is 23.7 Å². The summed E-state index contributed by atoms with van der Waals surface area (Å²) in [5.41, 5.74) is 5.33. The summed E-state index contributed by atoms with van der Waals surface area (Å²) in [5, 5.41) is 22.8. The summed E-state index contributed by atoms with van der Waals surface area (Å²) in [4.78, 5) is 66.8. The minimum atomic E-state index is -3.20. The molecule has 3 aromatic carbocycles. The Bertz CT molecular complexity index is 2230. The van der Waals surface area contributed by atoms with E-state index in [1.807, 2.05) is 36.4 Å². The number of amides is 4. The first kappa shape index (κ1) is 40.0. The molecule has 0 aliphatic carbocycles. The fourth-order valence-electron chi connectivity index (χ4n) is 7.82. The van der Waals surface area contributed by atoms with Gasteiger partial charge in [-0.15, -0.1) is 0 Å². The number of carbonyl (C=O) groups is 4. The number of imidazole rings is 2. The second-order valence-corrected chi connectivity index (χ2v) is 15.7. The van der Waals surface area contributed by atoms with Crippen LogP contribution in [0.15, 0.2) is 60.7 Å². The molecular formula is C40H42F4N8O6. The molecular weight excluding hydrogens is 764 g/mol. The number of fused-ring (bicyclic) bond motifs is 2. The van der Waals surface area contributed by atoms with Gasteiger partial charge in [0.15, 0.2) is 0 Å². The predicted molar refractivity (Wildman–Crippen MR) is 204 cm³/mol. The maximum atomic E-state index is 14.8. The van der Waals surface area contributed by atoms with Crippen molar-refractivity contribution < 1.29 is 47.0 Å². The molecule has 2 saturated heterocycles. The van der Waals surface area contributed by atoms with E-state index in [0.29, 0.717) is 22.1 Å². The van der Waals surface area contributed by atoms with Crippen LogP contribution < -0.4 is 10.6 Å². The van der Waals surface area contributed by atoms with Crippen LogP contribution in [0.1, 0.15) is 64.3 Å². The highest BCUT2D eigenvalue weighted by molar-refractivity contribution is 5.88. The fourth-order valence-corrected chi connectivity index (χ4v) is 7.82. The van der Waals surface area contributed by atoms with Crippen molar-refractivity contribution in [1.82, 2.24) is 40.4 Å². The quantitative estimate of drug-likeness (QED) is 0.0799. The summed E-state index contributed by atoms with van der Waals surface area (Å²) in [5.74, 6) is -8.54. The molecule has 6 N–H and O–H groups in total. The standard InChI is InChI=1S/C40H42F4N8O6/c1-19(2)31(49-37(55)56)35(53)51-17-39(41,42)15-29(51)33-45-25-11-9-23(13-27(25)47-33)21-5-7-22(8-6-21)24-10-12-26-28(14-24)48-34(46-26)30-16-40(43,44)18-52(30)36(54)32(20(3)4)50-38(57)58/h5-14,19-20,29-32,49-50H,15-18H2,1-4H3,(H,45,47)(H,46,48)(H,55,56)(H,57,58)/t29-,30-,31-,32-/m0/s1. The molecule has 2 aliphatic heterocycles. The van der Waals surface area contributed by atoms with Crippen molar-refractivity contribution in [3.63, 3.8) is 0 Å². The zero-order chi connectivity index (χ0) is 41.8. The largest absolute Gasteiger partial charge is 0.465 e. The lowest BCUT2D eigenvalue weighted by Gasteiger charge is -2.29. The van der Waals surface area contributed by atoms with Gasteiger partial charge in [-0.1, -0.05) is 64.1 Å². The van der Waals surface area contributed by atoms with Gasteiger partial charge in [-0.05, 0) is 58.4 Å². The molecule has 2 aromatic heterocycles. The van der Waals surface area contributed by atoms with Gasteiger partial charge in [0.05, 0.1) is 47.2 Å². The zero-order valence-corrected chi connectivity index (χ0v) is 31.9. The summed E-state index contributed by atoms with van der Waals surface area (Å²) >= 11 is 0. The number of rotatable bonds is 10. The summed E-state index contributed by atoms with van der Waals surface area (Å²) in [6, 6.07) is 13.8. The van der Waals surface area contributed by atoms with Gasteiger partial charge < -0.3 is 40.6 Å². The van der Waals surface area contributed by atoms with E-state index in [2.05, 4.69) is 30.6 Å². The van der Waals surface area contributed by atoms with Gasteiger partial charge in [0, 0.05) is 12.8 Å². The minimum Gasteiger partial charge on any atom is -0.465 e. The maximum absolute atomic E-state index is 14.8. The van der Waals surface area contributed by atoms with Gasteiger partial charge in [-0.2, -0.15) is 0 Å². The number of H-pyrrole nitrogens is 2. The van der Waals surface area contributed by atoms with Crippen LogP contribution in [0.2, 0.25) is 0 Å². The first-order chi connectivity index (χ1) is 27.3. The zero-order valence-electron chi connectivity index (χ0n) is 31.9. The van der Waals surface area contributed by atoms with E-state index in [4.69, 9.17) is 0 Å². The highest BCUT2D eigenvalue weighted by atomic mass is 19.3. The van der Waals surface area contributed by atoms with Crippen LogP contribution in [0.5, 0.6) is 0 Å². The van der Waals surface area contributed by atoms with Crippen LogP contribution in [0.3, 0.4) is 0 Å². The van der Waals surface area contributed by atoms with Gasteiger partial charge in [0.2, 0.25) is 11.8 Å². The summed E-state index contributed by atoms with van der Waals surface area (Å²) in [6.07, 6.45) is -4.20. The van der Waals surface area contributed by atoms with Crippen molar-refractivity contribution in [2.45, 2.75) is 76.5 Å². The number of halogens is 4. The van der Waals surface area contributed by atoms with E-state index >= 15 is 0 Å². The fraction of sp³-hybridized carbons (Fsp3) is 0.400. The SMILES string of the molecule is CC(C)[C@H](NC(=O)O)C(=O)N1CC(F)(F)C[C@H]1c1nc2cc(-c3ccc(-c4ccc5[nH]c([C@@H]6CC(F)(F)CN6C(=O)[C@@H](NC(=O)O)C(C)C)nc5c4)cc3)ccc2[nH]1. The molecule has 0 unspecified atom stereocenters. The van der Waals surface area contributed by atoms with E-state index in [0.717, 1.165) is 32.1 Å². The van der Waals surface area contributed by atoms with Crippen molar-refractivity contribution in [2.75, 3.05) is 13.1 Å². The lowest BCUT2D eigenvalue weighted by atomic mass is 10.00. The molecule has 0 bridgehead atoms. The van der Waals surface area contributed by atoms with Gasteiger partial charge in [-0.3, -0.25) is 9.59 Å². The van der Waals surface area contributed by atoms with E-state index in [1.54, 1.807) is 52.0 Å². The molecule has 4 amide bonds. The van der Waals surface area contributed by atoms with Crippen LogP contribution in [0.25, 0.3) is 44.3 Å². The number of aromatic nitrogens is 4. The third-order valence-electron chi connectivity index (χ3n) is 10.7. The van der Waals surface area contributed by atoms with Crippen molar-refractivity contribution >= 4 is 46.1 Å². The summed E-state index contributed by atoms with van der Waals surface area (Å²) in [7, 11) is 0. The van der Waals surface area contributed by atoms with Crippen LogP contribution in [0, 0.1) is 11.8 Å². The Kier molecular flexibility index (Phi) is 10.3. The van der Waals surface area contributed by atoms with E-state index in [1.165, 1.54) is 0 Å². The molecule has 306 valence electrons. The molecule has 58 heavy (non-hydrogen) atoms. The Morgan fingerprint density at radius 1 is 0.638 bits per heavy atom. The Morgan fingerprint density at radius 3 is 1.31 bits per heavy atom. The monoisotopic (exact) mass is 806 g/mol. The van der Waals surface area contributed by atoms with Crippen LogP contribution >= 0.6 is 0 Å². The normalized spacial score (nSPS) is 19.9. The molecule has 2 fully saturated rings. The number of benzene rings is 3. The van der Waals surface area contributed by atoms with Gasteiger partial charge in [-0.25, -0.2) is 37.1 Å². The van der Waals surface area contributed by atoms with Crippen molar-refractivity contribution in [3.05, 3.63) is 72.3 Å². The topological polar surface area (TPSA) is 197 Å². The molecule has 2 aliphatic rings. The number of likely N-dealkylation sites (tertiary alicyclic amines) is 2. The summed E-state index contributed by atoms with van der Waals surface area (Å²) in [6.45, 7) is 4.78. The Balaban J connectivity index is 1.10. The number of nitrogens with one attached hydrogen (secondary N) is 4. The first-order valence-corrected chi connectivity index (χ1v) is 18.7. The number of alkyl halides is 4. The van der Waals surface area contributed by atoms with Crippen LogP contribution in [-0.4, -0.2) is 101 Å². The number of hydrogen-bond acceptors (Lipinski definition) is 6. The highest BCUT2D eigenvalue weighted by Gasteiger charge is 2.51. The molecule has 0 radical (unpaired) electrons. The Labute approximate surface area is 329 Å². The third-order valence-corrected chi connectivity index (χ3v) is 10.7. The summed E-state index contributed by atoms with van der Waals surface area (Å²) < 4.78 is 59.1. The highest BCUT2D eigenvalue weighted by Crippen LogP contribution is 2.43. The molecule has 5 aromatic rings. The lowest BCUT2D eigenvalue weighted by Crippen LogP contribution is -2.51. The average molecular weight is 807 g/mol. The van der Waals surface area contributed by atoms with Gasteiger partial charge in [0.25, 0.3) is 11.8 Å². The average Bonchev–Trinajstić information content (AvgIpc) is 3.93. The van der Waals surface area contributed by atoms with E-state index in [-0.39, 0.29) is 11.6 Å². The lowest BCUT2D eigenvalue weighted by molar-refractivity contribution is -0.137. The van der Waals surface area contributed by atoms with E-state index in [9.17, 15) is 47.0 Å². The van der Waals surface area contributed by atoms with Crippen LogP contribution in [0.4, 0.5) is 27.2 Å². The van der Waals surface area contributed by atoms with Crippen molar-refractivity contribution in [3.8, 4) is 22.3 Å². The second-order valence-electron chi connectivity index (χ2n) is 15.7.